The van der Waals surface area contributed by atoms with Crippen molar-refractivity contribution in [3.63, 3.8) is 0 Å². The monoisotopic (exact) mass is 513 g/mol. The Morgan fingerprint density at radius 3 is 2.14 bits per heavy atom. The standard InChI is InChI=1S/C24H30F3N3O4S/c1-16(2)28-24(32)17(3)29(15-18-7-9-19(25)10-8-18)23(31)6-5-13-30(35(4,33)34)20-11-12-21(26)22(27)14-20/h7-12,14,16-17H,5-6,13,15H2,1-4H3,(H,28,32)/t17-/m0/s1. The first-order valence-corrected chi connectivity index (χ1v) is 12.9. The summed E-state index contributed by atoms with van der Waals surface area (Å²) in [5.41, 5.74) is 0.551. The number of nitrogens with zero attached hydrogens (tertiary/aromatic N) is 2. The lowest BCUT2D eigenvalue weighted by atomic mass is 10.1. The van der Waals surface area contributed by atoms with Crippen molar-refractivity contribution in [3.8, 4) is 0 Å². The molecule has 35 heavy (non-hydrogen) atoms. The van der Waals surface area contributed by atoms with Gasteiger partial charge in [-0.25, -0.2) is 21.6 Å². The average molecular weight is 514 g/mol. The van der Waals surface area contributed by atoms with Crippen LogP contribution < -0.4 is 9.62 Å². The molecule has 192 valence electrons. The maximum absolute atomic E-state index is 13.7. The predicted octanol–water partition coefficient (Wildman–Crippen LogP) is 3.59. The van der Waals surface area contributed by atoms with Gasteiger partial charge in [0.15, 0.2) is 11.6 Å². The summed E-state index contributed by atoms with van der Waals surface area (Å²) in [5, 5.41) is 2.75. The number of hydrogen-bond donors (Lipinski definition) is 1. The molecule has 0 spiro atoms. The highest BCUT2D eigenvalue weighted by Gasteiger charge is 2.27. The maximum atomic E-state index is 13.7. The lowest BCUT2D eigenvalue weighted by Crippen LogP contribution is -2.49. The van der Waals surface area contributed by atoms with Crippen LogP contribution in [0.1, 0.15) is 39.2 Å². The van der Waals surface area contributed by atoms with E-state index in [1.807, 2.05) is 0 Å². The van der Waals surface area contributed by atoms with Gasteiger partial charge in [0.2, 0.25) is 21.8 Å². The van der Waals surface area contributed by atoms with Crippen LogP contribution >= 0.6 is 0 Å². The summed E-state index contributed by atoms with van der Waals surface area (Å²) in [6.07, 6.45) is 0.870. The Hall–Kier alpha value is -3.08. The van der Waals surface area contributed by atoms with Crippen LogP contribution in [0.2, 0.25) is 0 Å². The topological polar surface area (TPSA) is 86.8 Å². The molecule has 2 aromatic carbocycles. The number of amides is 2. The van der Waals surface area contributed by atoms with Crippen molar-refractivity contribution in [2.45, 2.75) is 52.2 Å². The molecular weight excluding hydrogens is 483 g/mol. The van der Waals surface area contributed by atoms with Crippen LogP contribution in [-0.4, -0.2) is 50.0 Å². The van der Waals surface area contributed by atoms with Crippen LogP contribution in [0.3, 0.4) is 0 Å². The minimum absolute atomic E-state index is 0.0464. The van der Waals surface area contributed by atoms with Gasteiger partial charge in [-0.1, -0.05) is 12.1 Å². The van der Waals surface area contributed by atoms with E-state index in [9.17, 15) is 31.2 Å². The first-order valence-electron chi connectivity index (χ1n) is 11.1. The molecule has 0 heterocycles. The predicted molar refractivity (Wildman–Crippen MR) is 127 cm³/mol. The van der Waals surface area contributed by atoms with E-state index in [4.69, 9.17) is 0 Å². The minimum atomic E-state index is -3.84. The maximum Gasteiger partial charge on any atom is 0.242 e. The Bertz CT molecular complexity index is 1140. The molecule has 0 aliphatic heterocycles. The Kier molecular flexibility index (Phi) is 9.70. The fraction of sp³-hybridized carbons (Fsp3) is 0.417. The van der Waals surface area contributed by atoms with E-state index in [-0.39, 0.29) is 43.6 Å². The summed E-state index contributed by atoms with van der Waals surface area (Å²) in [6, 6.07) is 7.28. The third-order valence-corrected chi connectivity index (χ3v) is 6.40. The summed E-state index contributed by atoms with van der Waals surface area (Å²) >= 11 is 0. The second kappa shape index (κ2) is 12.1. The second-order valence-corrected chi connectivity index (χ2v) is 10.4. The number of carbonyl (C=O) groups excluding carboxylic acids is 2. The molecule has 1 N–H and O–H groups in total. The second-order valence-electron chi connectivity index (χ2n) is 8.52. The zero-order chi connectivity index (χ0) is 26.3. The van der Waals surface area contributed by atoms with Gasteiger partial charge in [-0.3, -0.25) is 13.9 Å². The van der Waals surface area contributed by atoms with Gasteiger partial charge in [-0.15, -0.1) is 0 Å². The molecule has 1 atom stereocenters. The Balaban J connectivity index is 2.18. The van der Waals surface area contributed by atoms with Crippen molar-refractivity contribution < 1.29 is 31.2 Å². The number of hydrogen-bond acceptors (Lipinski definition) is 4. The summed E-state index contributed by atoms with van der Waals surface area (Å²) < 4.78 is 65.6. The van der Waals surface area contributed by atoms with Crippen LogP contribution in [0, 0.1) is 17.5 Å². The average Bonchev–Trinajstić information content (AvgIpc) is 2.76. The van der Waals surface area contributed by atoms with Crippen LogP contribution in [0.5, 0.6) is 0 Å². The molecule has 0 saturated carbocycles. The molecule has 2 rings (SSSR count). The number of nitrogens with one attached hydrogen (secondary N) is 1. The smallest absolute Gasteiger partial charge is 0.242 e. The molecule has 2 amide bonds. The van der Waals surface area contributed by atoms with Gasteiger partial charge in [0.05, 0.1) is 11.9 Å². The number of sulfonamides is 1. The van der Waals surface area contributed by atoms with Crippen LogP contribution in [-0.2, 0) is 26.2 Å². The lowest BCUT2D eigenvalue weighted by molar-refractivity contribution is -0.140. The fourth-order valence-electron chi connectivity index (χ4n) is 3.42. The SMILES string of the molecule is CC(C)NC(=O)[C@H](C)N(Cc1ccc(F)cc1)C(=O)CCCN(c1ccc(F)c(F)c1)S(C)(=O)=O. The van der Waals surface area contributed by atoms with Crippen molar-refractivity contribution in [2.75, 3.05) is 17.1 Å². The van der Waals surface area contributed by atoms with Crippen molar-refractivity contribution in [1.29, 1.82) is 0 Å². The lowest BCUT2D eigenvalue weighted by Gasteiger charge is -2.30. The van der Waals surface area contributed by atoms with Crippen LogP contribution in [0.25, 0.3) is 0 Å². The van der Waals surface area contributed by atoms with Crippen LogP contribution in [0.15, 0.2) is 42.5 Å². The molecule has 2 aromatic rings. The number of carbonyl (C=O) groups is 2. The van der Waals surface area contributed by atoms with Gasteiger partial charge in [0.1, 0.15) is 11.9 Å². The third kappa shape index (κ3) is 8.27. The molecule has 7 nitrogen and oxygen atoms in total. The van der Waals surface area contributed by atoms with Gasteiger partial charge < -0.3 is 10.2 Å². The molecule has 0 radical (unpaired) electrons. The zero-order valence-electron chi connectivity index (χ0n) is 20.1. The van der Waals surface area contributed by atoms with Gasteiger partial charge in [-0.2, -0.15) is 0 Å². The number of anilines is 1. The summed E-state index contributed by atoms with van der Waals surface area (Å²) in [4.78, 5) is 27.0. The zero-order valence-corrected chi connectivity index (χ0v) is 20.9. The van der Waals surface area contributed by atoms with E-state index in [0.29, 0.717) is 5.56 Å². The molecule has 0 unspecified atom stereocenters. The molecule has 0 aliphatic carbocycles. The minimum Gasteiger partial charge on any atom is -0.352 e. The first kappa shape index (κ1) is 28.2. The Labute approximate surface area is 204 Å². The Morgan fingerprint density at radius 1 is 0.971 bits per heavy atom. The number of rotatable bonds is 11. The van der Waals surface area contributed by atoms with E-state index in [2.05, 4.69) is 5.32 Å². The van der Waals surface area contributed by atoms with E-state index in [0.717, 1.165) is 28.8 Å². The summed E-state index contributed by atoms with van der Waals surface area (Å²) in [7, 11) is -3.84. The molecule has 0 fully saturated rings. The number of halogens is 3. The number of benzene rings is 2. The molecule has 11 heteroatoms. The van der Waals surface area contributed by atoms with Gasteiger partial charge in [-0.05, 0) is 57.0 Å². The Morgan fingerprint density at radius 2 is 1.60 bits per heavy atom. The van der Waals surface area contributed by atoms with Gasteiger partial charge >= 0.3 is 0 Å². The highest BCUT2D eigenvalue weighted by atomic mass is 32.2. The fourth-order valence-corrected chi connectivity index (χ4v) is 4.38. The molecule has 0 aromatic heterocycles. The third-order valence-electron chi connectivity index (χ3n) is 5.21. The van der Waals surface area contributed by atoms with E-state index in [1.54, 1.807) is 20.8 Å². The largest absolute Gasteiger partial charge is 0.352 e. The molecule has 0 aliphatic rings. The first-order chi connectivity index (χ1) is 16.3. The van der Waals surface area contributed by atoms with Crippen molar-refractivity contribution in [1.82, 2.24) is 10.2 Å². The quantitative estimate of drug-likeness (QED) is 0.498. The van der Waals surface area contributed by atoms with Gasteiger partial charge in [0.25, 0.3) is 0 Å². The highest BCUT2D eigenvalue weighted by molar-refractivity contribution is 7.92. The van der Waals surface area contributed by atoms with E-state index < -0.39 is 39.4 Å². The normalized spacial score (nSPS) is 12.3. The van der Waals surface area contributed by atoms with E-state index in [1.165, 1.54) is 29.2 Å². The summed E-state index contributed by atoms with van der Waals surface area (Å²) in [5.74, 6) is -3.52. The van der Waals surface area contributed by atoms with Gasteiger partial charge in [0, 0.05) is 31.6 Å². The van der Waals surface area contributed by atoms with Crippen molar-refractivity contribution in [2.24, 2.45) is 0 Å². The molecule has 0 saturated heterocycles. The van der Waals surface area contributed by atoms with Crippen molar-refractivity contribution >= 4 is 27.5 Å². The highest BCUT2D eigenvalue weighted by Crippen LogP contribution is 2.21. The molecular formula is C24H30F3N3O4S. The van der Waals surface area contributed by atoms with Crippen molar-refractivity contribution in [3.05, 3.63) is 65.5 Å². The van der Waals surface area contributed by atoms with Crippen LogP contribution in [0.4, 0.5) is 18.9 Å². The molecule has 0 bridgehead atoms. The van der Waals surface area contributed by atoms with E-state index >= 15 is 0 Å². The summed E-state index contributed by atoms with van der Waals surface area (Å²) in [6.45, 7) is 5.03.